The lowest BCUT2D eigenvalue weighted by Crippen LogP contribution is -2.42. The van der Waals surface area contributed by atoms with Gasteiger partial charge in [-0.2, -0.15) is 13.2 Å². The monoisotopic (exact) mass is 339 g/mol. The molecule has 1 fully saturated rings. The second-order valence-electron chi connectivity index (χ2n) is 4.26. The van der Waals surface area contributed by atoms with Gasteiger partial charge in [0.15, 0.2) is 0 Å². The molecule has 0 bridgehead atoms. The summed E-state index contributed by atoms with van der Waals surface area (Å²) in [5.41, 5.74) is -1.28. The van der Waals surface area contributed by atoms with Crippen molar-refractivity contribution >= 4 is 27.5 Å². The highest BCUT2D eigenvalue weighted by Gasteiger charge is 2.34. The van der Waals surface area contributed by atoms with E-state index in [4.69, 9.17) is 0 Å². The Balaban J connectivity index is 2.41. The summed E-state index contributed by atoms with van der Waals surface area (Å²) >= 11 is 3.14. The van der Waals surface area contributed by atoms with Crippen LogP contribution < -0.4 is 4.90 Å². The van der Waals surface area contributed by atoms with Crippen LogP contribution in [0.5, 0.6) is 0 Å². The van der Waals surface area contributed by atoms with Crippen LogP contribution in [0.15, 0.2) is 18.2 Å². The van der Waals surface area contributed by atoms with Crippen LogP contribution in [0.25, 0.3) is 0 Å². The molecule has 1 amide bonds. The SMILES string of the molecule is O=C1C(Br)CCCN1c1cc(C(F)(F)F)ccc1F. The van der Waals surface area contributed by atoms with Crippen molar-refractivity contribution < 1.29 is 22.4 Å². The number of carbonyl (C=O) groups excluding carboxylic acids is 1. The van der Waals surface area contributed by atoms with E-state index in [0.29, 0.717) is 25.0 Å². The molecule has 2 rings (SSSR count). The number of hydrogen-bond donors (Lipinski definition) is 0. The van der Waals surface area contributed by atoms with Crippen LogP contribution in [0.1, 0.15) is 18.4 Å². The van der Waals surface area contributed by atoms with Crippen molar-refractivity contribution in [2.45, 2.75) is 23.8 Å². The van der Waals surface area contributed by atoms with E-state index in [0.717, 1.165) is 11.0 Å². The minimum absolute atomic E-state index is 0.221. The molecule has 1 aliphatic heterocycles. The standard InChI is InChI=1S/C12H10BrF4NO/c13-8-2-1-5-18(11(8)19)10-6-7(12(15,16)17)3-4-9(10)14/h3-4,6,8H,1-2,5H2. The fraction of sp³-hybridized carbons (Fsp3) is 0.417. The largest absolute Gasteiger partial charge is 0.416 e. The molecule has 7 heteroatoms. The Morgan fingerprint density at radius 3 is 2.63 bits per heavy atom. The zero-order valence-electron chi connectivity index (χ0n) is 9.68. The average molecular weight is 340 g/mol. The molecular weight excluding hydrogens is 330 g/mol. The molecular formula is C12H10BrF4NO. The van der Waals surface area contributed by atoms with Gasteiger partial charge in [0.05, 0.1) is 16.1 Å². The predicted octanol–water partition coefficient (Wildman–Crippen LogP) is 3.73. The Kier molecular flexibility index (Phi) is 3.85. The first-order chi connectivity index (χ1) is 8.80. The van der Waals surface area contributed by atoms with E-state index >= 15 is 0 Å². The Labute approximate surface area is 115 Å². The molecule has 1 unspecified atom stereocenters. The van der Waals surface area contributed by atoms with Gasteiger partial charge in [0.1, 0.15) is 5.82 Å². The zero-order chi connectivity index (χ0) is 14.2. The van der Waals surface area contributed by atoms with Crippen LogP contribution in [0.3, 0.4) is 0 Å². The maximum Gasteiger partial charge on any atom is 0.416 e. The fourth-order valence-electron chi connectivity index (χ4n) is 1.97. The summed E-state index contributed by atoms with van der Waals surface area (Å²) in [6, 6.07) is 2.08. The van der Waals surface area contributed by atoms with E-state index in [1.165, 1.54) is 0 Å². The number of benzene rings is 1. The number of halogens is 5. The third kappa shape index (κ3) is 2.91. The smallest absolute Gasteiger partial charge is 0.309 e. The number of nitrogens with zero attached hydrogens (tertiary/aromatic N) is 1. The molecule has 0 aromatic heterocycles. The van der Waals surface area contributed by atoms with Gasteiger partial charge in [-0.1, -0.05) is 15.9 Å². The topological polar surface area (TPSA) is 20.3 Å². The quantitative estimate of drug-likeness (QED) is 0.564. The second kappa shape index (κ2) is 5.11. The van der Waals surface area contributed by atoms with E-state index in [-0.39, 0.29) is 12.2 Å². The molecule has 1 saturated heterocycles. The van der Waals surface area contributed by atoms with Gasteiger partial charge in [0.25, 0.3) is 0 Å². The van der Waals surface area contributed by atoms with Crippen molar-refractivity contribution in [3.8, 4) is 0 Å². The number of anilines is 1. The van der Waals surface area contributed by atoms with Gasteiger partial charge in [-0.05, 0) is 31.0 Å². The molecule has 0 spiro atoms. The molecule has 1 aromatic rings. The first-order valence-corrected chi connectivity index (χ1v) is 6.54. The summed E-state index contributed by atoms with van der Waals surface area (Å²) in [6.07, 6.45) is -3.36. The third-order valence-electron chi connectivity index (χ3n) is 2.94. The fourth-order valence-corrected chi connectivity index (χ4v) is 2.54. The molecule has 0 radical (unpaired) electrons. The van der Waals surface area contributed by atoms with Crippen molar-refractivity contribution in [2.24, 2.45) is 0 Å². The van der Waals surface area contributed by atoms with E-state index < -0.39 is 28.3 Å². The van der Waals surface area contributed by atoms with Crippen LogP contribution in [0, 0.1) is 5.82 Å². The van der Waals surface area contributed by atoms with Crippen molar-refractivity contribution in [3.63, 3.8) is 0 Å². The van der Waals surface area contributed by atoms with Gasteiger partial charge in [-0.3, -0.25) is 4.79 Å². The van der Waals surface area contributed by atoms with Crippen LogP contribution in [-0.2, 0) is 11.0 Å². The van der Waals surface area contributed by atoms with Gasteiger partial charge in [0, 0.05) is 6.54 Å². The maximum absolute atomic E-state index is 13.7. The van der Waals surface area contributed by atoms with Crippen molar-refractivity contribution in [2.75, 3.05) is 11.4 Å². The Morgan fingerprint density at radius 1 is 1.32 bits per heavy atom. The number of hydrogen-bond acceptors (Lipinski definition) is 1. The maximum atomic E-state index is 13.7. The molecule has 1 atom stereocenters. The first kappa shape index (κ1) is 14.3. The molecule has 0 saturated carbocycles. The molecule has 1 heterocycles. The Morgan fingerprint density at radius 2 is 2.00 bits per heavy atom. The lowest BCUT2D eigenvalue weighted by Gasteiger charge is -2.30. The zero-order valence-corrected chi connectivity index (χ0v) is 11.3. The van der Waals surface area contributed by atoms with Crippen LogP contribution in [0.4, 0.5) is 23.2 Å². The normalized spacial score (nSPS) is 20.8. The summed E-state index contributed by atoms with van der Waals surface area (Å²) < 4.78 is 51.5. The number of alkyl halides is 4. The van der Waals surface area contributed by atoms with Crippen molar-refractivity contribution in [1.82, 2.24) is 0 Å². The van der Waals surface area contributed by atoms with Crippen LogP contribution in [-0.4, -0.2) is 17.3 Å². The lowest BCUT2D eigenvalue weighted by molar-refractivity contribution is -0.137. The second-order valence-corrected chi connectivity index (χ2v) is 5.37. The molecule has 0 aliphatic carbocycles. The number of piperidine rings is 1. The minimum atomic E-state index is -4.56. The molecule has 1 aromatic carbocycles. The average Bonchev–Trinajstić information content (AvgIpc) is 2.32. The minimum Gasteiger partial charge on any atom is -0.309 e. The summed E-state index contributed by atoms with van der Waals surface area (Å²) in [4.78, 5) is 12.5. The number of carbonyl (C=O) groups is 1. The van der Waals surface area contributed by atoms with Gasteiger partial charge in [0.2, 0.25) is 5.91 Å². The van der Waals surface area contributed by atoms with Crippen LogP contribution >= 0.6 is 15.9 Å². The van der Waals surface area contributed by atoms with E-state index in [9.17, 15) is 22.4 Å². The highest BCUT2D eigenvalue weighted by atomic mass is 79.9. The first-order valence-electron chi connectivity index (χ1n) is 5.63. The van der Waals surface area contributed by atoms with Gasteiger partial charge in [-0.15, -0.1) is 0 Å². The summed E-state index contributed by atoms with van der Waals surface area (Å²) in [5.74, 6) is -1.24. The van der Waals surface area contributed by atoms with Crippen molar-refractivity contribution in [1.29, 1.82) is 0 Å². The predicted molar refractivity (Wildman–Crippen MR) is 65.7 cm³/mol. The van der Waals surface area contributed by atoms with E-state index in [1.54, 1.807) is 0 Å². The van der Waals surface area contributed by atoms with Gasteiger partial charge >= 0.3 is 6.18 Å². The Bertz CT molecular complexity index is 503. The lowest BCUT2D eigenvalue weighted by atomic mass is 10.1. The van der Waals surface area contributed by atoms with E-state index in [2.05, 4.69) is 15.9 Å². The van der Waals surface area contributed by atoms with Crippen molar-refractivity contribution in [3.05, 3.63) is 29.6 Å². The molecule has 2 nitrogen and oxygen atoms in total. The van der Waals surface area contributed by atoms with Gasteiger partial charge < -0.3 is 4.90 Å². The number of amides is 1. The highest BCUT2D eigenvalue weighted by Crippen LogP contribution is 2.34. The van der Waals surface area contributed by atoms with E-state index in [1.807, 2.05) is 0 Å². The number of rotatable bonds is 1. The van der Waals surface area contributed by atoms with Crippen LogP contribution in [0.2, 0.25) is 0 Å². The molecule has 19 heavy (non-hydrogen) atoms. The highest BCUT2D eigenvalue weighted by molar-refractivity contribution is 9.10. The Hall–Kier alpha value is -1.11. The molecule has 0 N–H and O–H groups in total. The van der Waals surface area contributed by atoms with Gasteiger partial charge in [-0.25, -0.2) is 4.39 Å². The summed E-state index contributed by atoms with van der Waals surface area (Å²) in [5, 5.41) is 0. The third-order valence-corrected chi connectivity index (χ3v) is 3.79. The summed E-state index contributed by atoms with van der Waals surface area (Å²) in [6.45, 7) is 0.221. The molecule has 1 aliphatic rings. The summed E-state index contributed by atoms with van der Waals surface area (Å²) in [7, 11) is 0. The molecule has 104 valence electrons.